The molecular formula is C34H30N2O. The van der Waals surface area contributed by atoms with Gasteiger partial charge in [0.2, 0.25) is 5.60 Å². The largest absolute Gasteiger partial charge is 0.380 e. The quantitative estimate of drug-likeness (QED) is 0.131. The minimum atomic E-state index is -0.905. The molecule has 37 heavy (non-hydrogen) atoms. The highest BCUT2D eigenvalue weighted by molar-refractivity contribution is 6.03. The van der Waals surface area contributed by atoms with Crippen molar-refractivity contribution in [3.05, 3.63) is 173 Å². The topological polar surface area (TPSA) is 33.6 Å². The molecule has 0 saturated heterocycles. The zero-order valence-corrected chi connectivity index (χ0v) is 20.9. The molecule has 0 spiro atoms. The van der Waals surface area contributed by atoms with E-state index in [-0.39, 0.29) is 0 Å². The first-order chi connectivity index (χ1) is 18.3. The van der Waals surface area contributed by atoms with Crippen LogP contribution in [0.25, 0.3) is 0 Å². The molecule has 182 valence electrons. The maximum Gasteiger partial charge on any atom is 0.212 e. The first-order valence-corrected chi connectivity index (χ1v) is 12.5. The van der Waals surface area contributed by atoms with Crippen LogP contribution in [0.4, 0.5) is 5.69 Å². The molecule has 0 radical (unpaired) electrons. The lowest BCUT2D eigenvalue weighted by Gasteiger charge is -2.33. The van der Waals surface area contributed by atoms with Crippen LogP contribution in [0.2, 0.25) is 0 Å². The SMILES string of the molecule is C/C(=N\OC(c1ccccc1)(c1ccccc1)c1ccccc1)c1ccccc1NCc1ccccc1. The molecule has 0 amide bonds. The summed E-state index contributed by atoms with van der Waals surface area (Å²) < 4.78 is 0. The minimum absolute atomic E-state index is 0.730. The van der Waals surface area contributed by atoms with Gasteiger partial charge in [-0.3, -0.25) is 0 Å². The number of anilines is 1. The van der Waals surface area contributed by atoms with E-state index in [0.717, 1.165) is 40.2 Å². The van der Waals surface area contributed by atoms with Gasteiger partial charge in [0.1, 0.15) is 0 Å². The fraction of sp³-hybridized carbons (Fsp3) is 0.0882. The normalized spacial score (nSPS) is 11.6. The van der Waals surface area contributed by atoms with Crippen molar-refractivity contribution in [2.24, 2.45) is 5.16 Å². The van der Waals surface area contributed by atoms with Crippen LogP contribution in [0, 0.1) is 0 Å². The average molecular weight is 483 g/mol. The number of nitrogens with one attached hydrogen (secondary N) is 1. The van der Waals surface area contributed by atoms with Crippen molar-refractivity contribution in [2.75, 3.05) is 5.32 Å². The lowest BCUT2D eigenvalue weighted by atomic mass is 9.80. The van der Waals surface area contributed by atoms with Crippen molar-refractivity contribution >= 4 is 11.4 Å². The van der Waals surface area contributed by atoms with E-state index in [4.69, 9.17) is 9.99 Å². The minimum Gasteiger partial charge on any atom is -0.380 e. The number of rotatable bonds is 9. The molecule has 0 heterocycles. The van der Waals surface area contributed by atoms with Crippen LogP contribution in [0.1, 0.15) is 34.7 Å². The van der Waals surface area contributed by atoms with E-state index in [1.165, 1.54) is 5.56 Å². The van der Waals surface area contributed by atoms with Crippen LogP contribution < -0.4 is 5.32 Å². The Labute approximate surface area is 219 Å². The van der Waals surface area contributed by atoms with Gasteiger partial charge < -0.3 is 10.2 Å². The van der Waals surface area contributed by atoms with Gasteiger partial charge in [-0.05, 0) is 18.6 Å². The van der Waals surface area contributed by atoms with E-state index in [9.17, 15) is 0 Å². The summed E-state index contributed by atoms with van der Waals surface area (Å²) >= 11 is 0. The Balaban J connectivity index is 1.55. The lowest BCUT2D eigenvalue weighted by Crippen LogP contribution is -2.31. The molecule has 0 aromatic heterocycles. The fourth-order valence-electron chi connectivity index (χ4n) is 4.61. The smallest absolute Gasteiger partial charge is 0.212 e. The second-order valence-corrected chi connectivity index (χ2v) is 8.93. The predicted molar refractivity (Wildman–Crippen MR) is 153 cm³/mol. The number of para-hydroxylation sites is 1. The summed E-state index contributed by atoms with van der Waals surface area (Å²) in [5, 5.41) is 8.35. The fourth-order valence-corrected chi connectivity index (χ4v) is 4.61. The summed E-state index contributed by atoms with van der Waals surface area (Å²) in [4.78, 5) is 6.68. The summed E-state index contributed by atoms with van der Waals surface area (Å²) in [7, 11) is 0. The first-order valence-electron chi connectivity index (χ1n) is 12.5. The van der Waals surface area contributed by atoms with Gasteiger partial charge >= 0.3 is 0 Å². The molecular weight excluding hydrogens is 452 g/mol. The van der Waals surface area contributed by atoms with Crippen LogP contribution in [0.15, 0.2) is 151 Å². The maximum absolute atomic E-state index is 6.68. The molecule has 0 bridgehead atoms. The van der Waals surface area contributed by atoms with Gasteiger partial charge in [-0.15, -0.1) is 0 Å². The van der Waals surface area contributed by atoms with E-state index in [1.807, 2.05) is 79.7 Å². The third kappa shape index (κ3) is 5.31. The van der Waals surface area contributed by atoms with Crippen LogP contribution in [0.5, 0.6) is 0 Å². The molecule has 0 aliphatic heterocycles. The van der Waals surface area contributed by atoms with Gasteiger partial charge in [-0.2, -0.15) is 0 Å². The zero-order valence-electron chi connectivity index (χ0n) is 20.9. The zero-order chi connectivity index (χ0) is 25.3. The third-order valence-electron chi connectivity index (χ3n) is 6.50. The standard InChI is InChI=1S/C34H30N2O/c1-27(32-24-14-15-25-33(32)35-26-28-16-6-2-7-17-28)36-37-34(29-18-8-3-9-19-29,30-20-10-4-11-21-30)31-22-12-5-13-23-31/h2-25,35H,26H2,1H3/b36-27+. The summed E-state index contributed by atoms with van der Waals surface area (Å²) in [6, 6.07) is 49.5. The van der Waals surface area contributed by atoms with Crippen LogP contribution in [0.3, 0.4) is 0 Å². The number of nitrogens with zero attached hydrogens (tertiary/aromatic N) is 1. The molecule has 0 saturated carbocycles. The Morgan fingerprint density at radius 2 is 1.03 bits per heavy atom. The Kier molecular flexibility index (Phi) is 7.42. The van der Waals surface area contributed by atoms with Crippen LogP contribution >= 0.6 is 0 Å². The Morgan fingerprint density at radius 3 is 1.54 bits per heavy atom. The molecule has 0 aliphatic carbocycles. The second-order valence-electron chi connectivity index (χ2n) is 8.93. The average Bonchev–Trinajstić information content (AvgIpc) is 2.99. The number of hydrogen-bond acceptors (Lipinski definition) is 3. The van der Waals surface area contributed by atoms with E-state index in [0.29, 0.717) is 0 Å². The monoisotopic (exact) mass is 482 g/mol. The van der Waals surface area contributed by atoms with Crippen molar-refractivity contribution in [1.29, 1.82) is 0 Å². The van der Waals surface area contributed by atoms with Crippen molar-refractivity contribution in [3.63, 3.8) is 0 Å². The first kappa shape index (κ1) is 24.1. The summed E-state index contributed by atoms with van der Waals surface area (Å²) in [6.45, 7) is 2.72. The number of benzene rings is 5. The van der Waals surface area contributed by atoms with Crippen LogP contribution in [-0.4, -0.2) is 5.71 Å². The molecule has 5 aromatic carbocycles. The highest BCUT2D eigenvalue weighted by Gasteiger charge is 2.39. The number of hydrogen-bond donors (Lipinski definition) is 1. The van der Waals surface area contributed by atoms with Crippen molar-refractivity contribution < 1.29 is 4.84 Å². The molecule has 5 rings (SSSR count). The van der Waals surface area contributed by atoms with E-state index < -0.39 is 5.60 Å². The van der Waals surface area contributed by atoms with Crippen LogP contribution in [-0.2, 0) is 17.0 Å². The van der Waals surface area contributed by atoms with Gasteiger partial charge in [0.15, 0.2) is 0 Å². The molecule has 5 aromatic rings. The van der Waals surface area contributed by atoms with E-state index in [1.54, 1.807) is 0 Å². The lowest BCUT2D eigenvalue weighted by molar-refractivity contribution is 0.0172. The predicted octanol–water partition coefficient (Wildman–Crippen LogP) is 8.03. The van der Waals surface area contributed by atoms with Gasteiger partial charge in [-0.25, -0.2) is 0 Å². The summed E-state index contributed by atoms with van der Waals surface area (Å²) in [5.41, 5.74) is 6.17. The Morgan fingerprint density at radius 1 is 0.595 bits per heavy atom. The van der Waals surface area contributed by atoms with Gasteiger partial charge in [-0.1, -0.05) is 145 Å². The molecule has 0 unspecified atom stereocenters. The molecule has 0 atom stereocenters. The molecule has 0 fully saturated rings. The van der Waals surface area contributed by atoms with Gasteiger partial charge in [0, 0.05) is 34.5 Å². The second kappa shape index (κ2) is 11.4. The highest BCUT2D eigenvalue weighted by atomic mass is 16.6. The summed E-state index contributed by atoms with van der Waals surface area (Å²) in [6.07, 6.45) is 0. The molecule has 3 nitrogen and oxygen atoms in total. The Bertz CT molecular complexity index is 1340. The van der Waals surface area contributed by atoms with Gasteiger partial charge in [0.05, 0.1) is 5.71 Å². The number of oxime groups is 1. The molecule has 0 aliphatic rings. The summed E-state index contributed by atoms with van der Waals surface area (Å²) in [5.74, 6) is 0. The Hall–Kier alpha value is -4.63. The van der Waals surface area contributed by atoms with E-state index >= 15 is 0 Å². The van der Waals surface area contributed by atoms with Crippen molar-refractivity contribution in [3.8, 4) is 0 Å². The highest BCUT2D eigenvalue weighted by Crippen LogP contribution is 2.40. The molecule has 1 N–H and O–H groups in total. The van der Waals surface area contributed by atoms with Gasteiger partial charge in [0.25, 0.3) is 0 Å². The third-order valence-corrected chi connectivity index (χ3v) is 6.50. The molecule has 3 heteroatoms. The van der Waals surface area contributed by atoms with Crippen molar-refractivity contribution in [2.45, 2.75) is 19.1 Å². The van der Waals surface area contributed by atoms with Crippen molar-refractivity contribution in [1.82, 2.24) is 0 Å². The maximum atomic E-state index is 6.68. The van der Waals surface area contributed by atoms with E-state index in [2.05, 4.69) is 78.1 Å².